The molecule has 1 aromatic carbocycles. The molecule has 0 radical (unpaired) electrons. The van der Waals surface area contributed by atoms with Gasteiger partial charge in [0.2, 0.25) is 5.91 Å². The van der Waals surface area contributed by atoms with Crippen LogP contribution in [0.3, 0.4) is 0 Å². The summed E-state index contributed by atoms with van der Waals surface area (Å²) in [6.45, 7) is 9.84. The number of carbonyl (C=O) groups excluding carboxylic acids is 1. The molecule has 158 valence electrons. The van der Waals surface area contributed by atoms with Gasteiger partial charge in [-0.1, -0.05) is 6.58 Å². The first-order valence-electron chi connectivity index (χ1n) is 9.98. The fraction of sp³-hybridized carbons (Fsp3) is 0.333. The van der Waals surface area contributed by atoms with Crippen molar-refractivity contribution in [1.82, 2.24) is 5.32 Å². The summed E-state index contributed by atoms with van der Waals surface area (Å²) < 4.78 is 16.4. The van der Waals surface area contributed by atoms with Crippen molar-refractivity contribution in [2.24, 2.45) is 0 Å². The van der Waals surface area contributed by atoms with E-state index < -0.39 is 5.63 Å². The summed E-state index contributed by atoms with van der Waals surface area (Å²) in [6.07, 6.45) is 3.10. The van der Waals surface area contributed by atoms with Crippen LogP contribution in [0.4, 0.5) is 0 Å². The van der Waals surface area contributed by atoms with E-state index in [4.69, 9.17) is 13.6 Å². The summed E-state index contributed by atoms with van der Waals surface area (Å²) in [4.78, 5) is 25.0. The van der Waals surface area contributed by atoms with Crippen molar-refractivity contribution in [2.45, 2.75) is 46.1 Å². The Labute approximate surface area is 175 Å². The number of rotatable bonds is 9. The van der Waals surface area contributed by atoms with E-state index in [1.807, 2.05) is 45.0 Å². The zero-order valence-electron chi connectivity index (χ0n) is 17.6. The van der Waals surface area contributed by atoms with Gasteiger partial charge in [-0.15, -0.1) is 0 Å². The van der Waals surface area contributed by atoms with Crippen molar-refractivity contribution in [2.75, 3.05) is 6.61 Å². The van der Waals surface area contributed by atoms with E-state index in [0.717, 1.165) is 35.1 Å². The highest BCUT2D eigenvalue weighted by Crippen LogP contribution is 2.24. The Morgan fingerprint density at radius 3 is 2.80 bits per heavy atom. The van der Waals surface area contributed by atoms with Gasteiger partial charge >= 0.3 is 5.63 Å². The van der Waals surface area contributed by atoms with E-state index in [1.165, 1.54) is 0 Å². The number of fused-ring (bicyclic) bond motifs is 1. The number of carbonyl (C=O) groups is 1. The molecule has 30 heavy (non-hydrogen) atoms. The van der Waals surface area contributed by atoms with Gasteiger partial charge in [0, 0.05) is 23.9 Å². The molecule has 1 unspecified atom stereocenters. The highest BCUT2D eigenvalue weighted by Gasteiger charge is 2.17. The van der Waals surface area contributed by atoms with Crippen LogP contribution in [0.5, 0.6) is 5.75 Å². The Hall–Kier alpha value is -3.28. The maximum Gasteiger partial charge on any atom is 0.340 e. The third kappa shape index (κ3) is 5.41. The summed E-state index contributed by atoms with van der Waals surface area (Å²) in [7, 11) is 0. The molecule has 0 saturated heterocycles. The number of nitrogens with one attached hydrogen (secondary N) is 1. The molecule has 0 bridgehead atoms. The van der Waals surface area contributed by atoms with Gasteiger partial charge in [0.1, 0.15) is 23.7 Å². The minimum atomic E-state index is -0.504. The van der Waals surface area contributed by atoms with E-state index in [9.17, 15) is 9.59 Å². The highest BCUT2D eigenvalue weighted by atomic mass is 16.5. The lowest BCUT2D eigenvalue weighted by Gasteiger charge is -2.14. The molecule has 0 spiro atoms. The second-order valence-corrected chi connectivity index (χ2v) is 7.66. The number of furan rings is 1. The maximum atomic E-state index is 12.5. The van der Waals surface area contributed by atoms with E-state index in [-0.39, 0.29) is 18.4 Å². The van der Waals surface area contributed by atoms with Crippen molar-refractivity contribution in [3.63, 3.8) is 0 Å². The molecule has 3 rings (SSSR count). The van der Waals surface area contributed by atoms with Crippen LogP contribution in [0, 0.1) is 6.92 Å². The van der Waals surface area contributed by atoms with Gasteiger partial charge in [0.25, 0.3) is 0 Å². The van der Waals surface area contributed by atoms with Crippen molar-refractivity contribution < 1.29 is 18.4 Å². The van der Waals surface area contributed by atoms with E-state index in [2.05, 4.69) is 11.9 Å². The number of aryl methyl sites for hydroxylation is 2. The van der Waals surface area contributed by atoms with E-state index >= 15 is 0 Å². The third-order valence-electron chi connectivity index (χ3n) is 4.89. The predicted octanol–water partition coefficient (Wildman–Crippen LogP) is 4.33. The first-order chi connectivity index (χ1) is 14.3. The third-order valence-corrected chi connectivity index (χ3v) is 4.89. The Morgan fingerprint density at radius 1 is 1.30 bits per heavy atom. The molecule has 2 heterocycles. The fourth-order valence-electron chi connectivity index (χ4n) is 3.25. The van der Waals surface area contributed by atoms with Crippen LogP contribution < -0.4 is 15.7 Å². The summed E-state index contributed by atoms with van der Waals surface area (Å²) in [6, 6.07) is 9.06. The van der Waals surface area contributed by atoms with Gasteiger partial charge in [-0.25, -0.2) is 4.79 Å². The van der Waals surface area contributed by atoms with Crippen molar-refractivity contribution in [3.05, 3.63) is 76.1 Å². The molecule has 1 N–H and O–H groups in total. The highest BCUT2D eigenvalue weighted by molar-refractivity contribution is 5.85. The number of benzene rings is 1. The first-order valence-corrected chi connectivity index (χ1v) is 9.98. The Bertz CT molecular complexity index is 1090. The van der Waals surface area contributed by atoms with Crippen LogP contribution in [-0.4, -0.2) is 18.6 Å². The molecule has 0 aliphatic carbocycles. The number of ether oxygens (including phenoxy) is 1. The second kappa shape index (κ2) is 9.48. The van der Waals surface area contributed by atoms with Gasteiger partial charge in [0.15, 0.2) is 0 Å². The van der Waals surface area contributed by atoms with Gasteiger partial charge in [-0.2, -0.15) is 0 Å². The topological polar surface area (TPSA) is 81.7 Å². The van der Waals surface area contributed by atoms with E-state index in [1.54, 1.807) is 12.3 Å². The Kier molecular flexibility index (Phi) is 6.77. The molecule has 1 amide bonds. The molecule has 0 fully saturated rings. The predicted molar refractivity (Wildman–Crippen MR) is 116 cm³/mol. The molecule has 6 nitrogen and oxygen atoms in total. The SMILES string of the molecule is C=C(C)COc1ccc2c(C)c(CC(=O)NC(C)CCc3ccco3)c(=O)oc2c1. The van der Waals surface area contributed by atoms with Crippen LogP contribution in [0.25, 0.3) is 11.0 Å². The van der Waals surface area contributed by atoms with Crippen LogP contribution in [-0.2, 0) is 17.6 Å². The number of hydrogen-bond donors (Lipinski definition) is 1. The molecule has 3 aromatic rings. The lowest BCUT2D eigenvalue weighted by molar-refractivity contribution is -0.121. The molecule has 0 aliphatic heterocycles. The lowest BCUT2D eigenvalue weighted by Crippen LogP contribution is -2.35. The number of hydrogen-bond acceptors (Lipinski definition) is 5. The smallest absolute Gasteiger partial charge is 0.340 e. The van der Waals surface area contributed by atoms with Crippen LogP contribution >= 0.6 is 0 Å². The molecule has 1 atom stereocenters. The monoisotopic (exact) mass is 409 g/mol. The van der Waals surface area contributed by atoms with E-state index in [0.29, 0.717) is 23.5 Å². The quantitative estimate of drug-likeness (QED) is 0.420. The fourth-order valence-corrected chi connectivity index (χ4v) is 3.25. The molecule has 2 aromatic heterocycles. The average molecular weight is 409 g/mol. The largest absolute Gasteiger partial charge is 0.489 e. The maximum absolute atomic E-state index is 12.5. The van der Waals surface area contributed by atoms with Gasteiger partial charge in [0.05, 0.1) is 18.2 Å². The number of amides is 1. The Balaban J connectivity index is 1.69. The molecular weight excluding hydrogens is 382 g/mol. The summed E-state index contributed by atoms with van der Waals surface area (Å²) in [5, 5.41) is 3.72. The van der Waals surface area contributed by atoms with Crippen molar-refractivity contribution in [1.29, 1.82) is 0 Å². The Morgan fingerprint density at radius 2 is 2.10 bits per heavy atom. The first kappa shape index (κ1) is 21.4. The van der Waals surface area contributed by atoms with Gasteiger partial charge < -0.3 is 18.9 Å². The molecular formula is C24H27NO5. The van der Waals surface area contributed by atoms with Crippen molar-refractivity contribution in [3.8, 4) is 5.75 Å². The summed E-state index contributed by atoms with van der Waals surface area (Å²) in [5.74, 6) is 1.27. The lowest BCUT2D eigenvalue weighted by atomic mass is 10.0. The molecule has 0 aliphatic rings. The minimum Gasteiger partial charge on any atom is -0.489 e. The zero-order valence-corrected chi connectivity index (χ0v) is 17.6. The summed E-state index contributed by atoms with van der Waals surface area (Å²) in [5.41, 5.74) is 1.94. The van der Waals surface area contributed by atoms with Crippen molar-refractivity contribution >= 4 is 16.9 Å². The molecule has 0 saturated carbocycles. The standard InChI is InChI=1S/C24H27NO5/c1-15(2)14-29-19-9-10-20-17(4)21(24(27)30-22(20)12-19)13-23(26)25-16(3)7-8-18-6-5-11-28-18/h5-6,9-12,16H,1,7-8,13-14H2,2-4H3,(H,25,26). The van der Waals surface area contributed by atoms with Gasteiger partial charge in [-0.3, -0.25) is 4.79 Å². The van der Waals surface area contributed by atoms with Crippen LogP contribution in [0.15, 0.2) is 62.4 Å². The normalized spacial score (nSPS) is 12.0. The van der Waals surface area contributed by atoms with Crippen LogP contribution in [0.2, 0.25) is 0 Å². The second-order valence-electron chi connectivity index (χ2n) is 7.66. The minimum absolute atomic E-state index is 0.0247. The zero-order chi connectivity index (χ0) is 21.7. The average Bonchev–Trinajstić information content (AvgIpc) is 3.21. The van der Waals surface area contributed by atoms with Gasteiger partial charge in [-0.05, 0) is 62.6 Å². The summed E-state index contributed by atoms with van der Waals surface area (Å²) >= 11 is 0. The molecule has 6 heteroatoms. The van der Waals surface area contributed by atoms with Crippen LogP contribution in [0.1, 0.15) is 37.2 Å².